The first-order valence-corrected chi connectivity index (χ1v) is 6.89. The molecule has 0 aliphatic carbocycles. The zero-order chi connectivity index (χ0) is 15.3. The van der Waals surface area contributed by atoms with Gasteiger partial charge in [-0.3, -0.25) is 0 Å². The van der Waals surface area contributed by atoms with Crippen LogP contribution in [-0.2, 0) is 0 Å². The van der Waals surface area contributed by atoms with Crippen LogP contribution in [0.25, 0.3) is 27.9 Å². The van der Waals surface area contributed by atoms with E-state index in [1.165, 1.54) is 0 Å². The van der Waals surface area contributed by atoms with Gasteiger partial charge in [-0.1, -0.05) is 0 Å². The number of nitrogens with two attached hydrogens (primary N) is 1. The summed E-state index contributed by atoms with van der Waals surface area (Å²) in [5.74, 6) is 0. The molecule has 0 saturated heterocycles. The van der Waals surface area contributed by atoms with Gasteiger partial charge in [0, 0.05) is 29.5 Å². The molecule has 0 saturated carbocycles. The standard InChI is InChI=1S/C17H13N3O2/c1-10-4-5-20-9-14(19-16(20)6-10)13-7-11-2-3-12(18)8-15(11)22-17(13)21/h2-9H,18H2,1H3. The first-order valence-electron chi connectivity index (χ1n) is 6.89. The van der Waals surface area contributed by atoms with Crippen LogP contribution in [0.5, 0.6) is 0 Å². The second-order valence-corrected chi connectivity index (χ2v) is 5.34. The summed E-state index contributed by atoms with van der Waals surface area (Å²) in [4.78, 5) is 16.7. The van der Waals surface area contributed by atoms with Crippen molar-refractivity contribution in [3.63, 3.8) is 0 Å². The fourth-order valence-corrected chi connectivity index (χ4v) is 2.52. The minimum absolute atomic E-state index is 0.418. The van der Waals surface area contributed by atoms with E-state index in [1.54, 1.807) is 18.2 Å². The molecule has 5 heteroatoms. The van der Waals surface area contributed by atoms with Gasteiger partial charge in [-0.05, 0) is 42.8 Å². The van der Waals surface area contributed by atoms with Gasteiger partial charge in [-0.25, -0.2) is 9.78 Å². The van der Waals surface area contributed by atoms with Crippen LogP contribution in [-0.4, -0.2) is 9.38 Å². The minimum atomic E-state index is -0.418. The number of nitrogens with zero attached hydrogens (tertiary/aromatic N) is 2. The van der Waals surface area contributed by atoms with E-state index in [4.69, 9.17) is 10.2 Å². The molecule has 1 aromatic carbocycles. The number of benzene rings is 1. The van der Waals surface area contributed by atoms with E-state index in [-0.39, 0.29) is 0 Å². The molecule has 2 N–H and O–H groups in total. The van der Waals surface area contributed by atoms with E-state index in [0.717, 1.165) is 16.6 Å². The molecular formula is C17H13N3O2. The lowest BCUT2D eigenvalue weighted by Crippen LogP contribution is -2.03. The van der Waals surface area contributed by atoms with E-state index < -0.39 is 5.63 Å². The molecule has 0 fully saturated rings. The lowest BCUT2D eigenvalue weighted by Gasteiger charge is -2.00. The molecule has 0 aliphatic heterocycles. The summed E-state index contributed by atoms with van der Waals surface area (Å²) >= 11 is 0. The average molecular weight is 291 g/mol. The Hall–Kier alpha value is -3.08. The number of anilines is 1. The summed E-state index contributed by atoms with van der Waals surface area (Å²) in [7, 11) is 0. The van der Waals surface area contributed by atoms with Gasteiger partial charge in [-0.15, -0.1) is 0 Å². The molecule has 108 valence electrons. The Balaban J connectivity index is 1.97. The molecule has 0 aliphatic rings. The first kappa shape index (κ1) is 12.6. The van der Waals surface area contributed by atoms with Gasteiger partial charge in [0.2, 0.25) is 0 Å². The maximum atomic E-state index is 12.2. The lowest BCUT2D eigenvalue weighted by atomic mass is 10.1. The van der Waals surface area contributed by atoms with Gasteiger partial charge in [-0.2, -0.15) is 0 Å². The summed E-state index contributed by atoms with van der Waals surface area (Å²) in [6.45, 7) is 2.00. The summed E-state index contributed by atoms with van der Waals surface area (Å²) in [5, 5.41) is 0.817. The molecular weight excluding hydrogens is 278 g/mol. The number of hydrogen-bond acceptors (Lipinski definition) is 4. The normalized spacial score (nSPS) is 11.3. The van der Waals surface area contributed by atoms with E-state index >= 15 is 0 Å². The molecule has 0 spiro atoms. The van der Waals surface area contributed by atoms with Crippen molar-refractivity contribution in [1.29, 1.82) is 0 Å². The van der Waals surface area contributed by atoms with E-state index in [2.05, 4.69) is 4.98 Å². The zero-order valence-corrected chi connectivity index (χ0v) is 11.9. The third-order valence-electron chi connectivity index (χ3n) is 3.65. The third kappa shape index (κ3) is 1.95. The number of fused-ring (bicyclic) bond motifs is 2. The van der Waals surface area contributed by atoms with Gasteiger partial charge in [0.25, 0.3) is 0 Å². The van der Waals surface area contributed by atoms with E-state index in [1.807, 2.05) is 41.9 Å². The van der Waals surface area contributed by atoms with Crippen LogP contribution in [0.4, 0.5) is 5.69 Å². The summed E-state index contributed by atoms with van der Waals surface area (Å²) in [5.41, 5.74) is 9.29. The van der Waals surface area contributed by atoms with Crippen LogP contribution in [0.1, 0.15) is 5.56 Å². The molecule has 0 unspecified atom stereocenters. The van der Waals surface area contributed by atoms with Gasteiger partial charge in [0.1, 0.15) is 11.2 Å². The Morgan fingerprint density at radius 3 is 2.91 bits per heavy atom. The van der Waals surface area contributed by atoms with Crippen molar-refractivity contribution in [3.8, 4) is 11.3 Å². The average Bonchev–Trinajstić information content (AvgIpc) is 2.89. The molecule has 5 nitrogen and oxygen atoms in total. The Morgan fingerprint density at radius 2 is 2.05 bits per heavy atom. The molecule has 0 radical (unpaired) electrons. The quantitative estimate of drug-likeness (QED) is 0.432. The summed E-state index contributed by atoms with van der Waals surface area (Å²) < 4.78 is 7.25. The number of pyridine rings is 1. The van der Waals surface area contributed by atoms with Gasteiger partial charge < -0.3 is 14.6 Å². The molecule has 22 heavy (non-hydrogen) atoms. The van der Waals surface area contributed by atoms with Crippen LogP contribution < -0.4 is 11.4 Å². The monoisotopic (exact) mass is 291 g/mol. The number of imidazole rings is 1. The molecule has 4 aromatic rings. The number of rotatable bonds is 1. The predicted octanol–water partition coefficient (Wildman–Crippen LogP) is 3.00. The van der Waals surface area contributed by atoms with Crippen LogP contribution in [0.15, 0.2) is 58.0 Å². The van der Waals surface area contributed by atoms with Crippen molar-refractivity contribution in [2.75, 3.05) is 5.73 Å². The predicted molar refractivity (Wildman–Crippen MR) is 85.8 cm³/mol. The Morgan fingerprint density at radius 1 is 1.18 bits per heavy atom. The number of hydrogen-bond donors (Lipinski definition) is 1. The van der Waals surface area contributed by atoms with Crippen molar-refractivity contribution in [3.05, 3.63) is 64.8 Å². The highest BCUT2D eigenvalue weighted by molar-refractivity contribution is 5.83. The van der Waals surface area contributed by atoms with Gasteiger partial charge in [0.15, 0.2) is 0 Å². The largest absolute Gasteiger partial charge is 0.422 e. The maximum Gasteiger partial charge on any atom is 0.345 e. The second-order valence-electron chi connectivity index (χ2n) is 5.34. The van der Waals surface area contributed by atoms with Crippen LogP contribution in [0.3, 0.4) is 0 Å². The molecule has 3 heterocycles. The molecule has 0 bridgehead atoms. The number of aryl methyl sites for hydroxylation is 1. The molecule has 3 aromatic heterocycles. The zero-order valence-electron chi connectivity index (χ0n) is 11.9. The highest BCUT2D eigenvalue weighted by Gasteiger charge is 2.11. The van der Waals surface area contributed by atoms with E-state index in [0.29, 0.717) is 22.5 Å². The Bertz CT molecular complexity index is 1080. The highest BCUT2D eigenvalue weighted by atomic mass is 16.4. The third-order valence-corrected chi connectivity index (χ3v) is 3.65. The SMILES string of the molecule is Cc1ccn2cc(-c3cc4ccc(N)cc4oc3=O)nc2c1. The Kier molecular flexibility index (Phi) is 2.56. The minimum Gasteiger partial charge on any atom is -0.422 e. The number of aromatic nitrogens is 2. The van der Waals surface area contributed by atoms with Crippen LogP contribution >= 0.6 is 0 Å². The lowest BCUT2D eigenvalue weighted by molar-refractivity contribution is 0.563. The second kappa shape index (κ2) is 4.46. The topological polar surface area (TPSA) is 73.5 Å². The van der Waals surface area contributed by atoms with E-state index in [9.17, 15) is 4.79 Å². The Labute approximate surface area is 125 Å². The number of nitrogen functional groups attached to an aromatic ring is 1. The molecule has 4 rings (SSSR count). The fourth-order valence-electron chi connectivity index (χ4n) is 2.52. The van der Waals surface area contributed by atoms with Crippen molar-refractivity contribution < 1.29 is 4.42 Å². The summed E-state index contributed by atoms with van der Waals surface area (Å²) in [6, 6.07) is 11.0. The first-order chi connectivity index (χ1) is 10.6. The van der Waals surface area contributed by atoms with Crippen LogP contribution in [0, 0.1) is 6.92 Å². The van der Waals surface area contributed by atoms with Crippen molar-refractivity contribution >= 4 is 22.3 Å². The fraction of sp³-hybridized carbons (Fsp3) is 0.0588. The molecule has 0 atom stereocenters. The smallest absolute Gasteiger partial charge is 0.345 e. The van der Waals surface area contributed by atoms with Crippen molar-refractivity contribution in [1.82, 2.24) is 9.38 Å². The maximum absolute atomic E-state index is 12.2. The van der Waals surface area contributed by atoms with Gasteiger partial charge in [0.05, 0.1) is 11.3 Å². The van der Waals surface area contributed by atoms with Crippen molar-refractivity contribution in [2.24, 2.45) is 0 Å². The van der Waals surface area contributed by atoms with Gasteiger partial charge >= 0.3 is 5.63 Å². The van der Waals surface area contributed by atoms with Crippen molar-refractivity contribution in [2.45, 2.75) is 6.92 Å². The highest BCUT2D eigenvalue weighted by Crippen LogP contribution is 2.22. The summed E-state index contributed by atoms with van der Waals surface area (Å²) in [6.07, 6.45) is 3.74. The molecule has 0 amide bonds. The van der Waals surface area contributed by atoms with Crippen LogP contribution in [0.2, 0.25) is 0 Å².